The predicted octanol–water partition coefficient (Wildman–Crippen LogP) is 1.13. The molecule has 0 fully saturated rings. The Morgan fingerprint density at radius 1 is 1.33 bits per heavy atom. The van der Waals surface area contributed by atoms with E-state index in [9.17, 15) is 13.2 Å². The summed E-state index contributed by atoms with van der Waals surface area (Å²) in [6.07, 6.45) is 0. The number of nitrogens with zero attached hydrogens (tertiary/aromatic N) is 1. The number of carboxylic acid groups (broad SMARTS) is 1. The molecule has 5 nitrogen and oxygen atoms in total. The lowest BCUT2D eigenvalue weighted by Gasteiger charge is -1.82. The fourth-order valence-electron chi connectivity index (χ4n) is 0.642. The van der Waals surface area contributed by atoms with Gasteiger partial charge in [0.15, 0.2) is 6.54 Å². The van der Waals surface area contributed by atoms with Gasteiger partial charge < -0.3 is 5.11 Å². The molecule has 0 amide bonds. The Labute approximate surface area is 89.1 Å². The molecule has 1 aromatic carbocycles. The molecule has 82 valence electrons. The fraction of sp³-hybridized carbons (Fsp3) is 0.222. The molecule has 0 atom stereocenters. The number of hydrogen-bond donors (Lipinski definition) is 1. The summed E-state index contributed by atoms with van der Waals surface area (Å²) in [6.45, 7) is 1.40. The standard InChI is InChI=1S/C7H8.C2H3NO4S/c1-7-5-3-2-4-6-7;4-2(5)1-3-8(6)7/h2-6H,1H3;1H2,(H,4,5). The maximum atomic E-state index is 9.54. The van der Waals surface area contributed by atoms with Crippen LogP contribution < -0.4 is 0 Å². The highest BCUT2D eigenvalue weighted by Crippen LogP contribution is 1.92. The second kappa shape index (κ2) is 7.69. The molecule has 1 rings (SSSR count). The monoisotopic (exact) mass is 229 g/mol. The second-order valence-electron chi connectivity index (χ2n) is 2.55. The summed E-state index contributed by atoms with van der Waals surface area (Å²) in [5, 5.41) is 7.80. The van der Waals surface area contributed by atoms with Gasteiger partial charge in [-0.05, 0) is 6.92 Å². The van der Waals surface area contributed by atoms with Crippen LogP contribution in [0.25, 0.3) is 0 Å². The topological polar surface area (TPSA) is 83.8 Å². The summed E-state index contributed by atoms with van der Waals surface area (Å²) in [5.41, 5.74) is 1.32. The van der Waals surface area contributed by atoms with Crippen LogP contribution in [-0.4, -0.2) is 26.0 Å². The van der Waals surface area contributed by atoms with E-state index in [1.807, 2.05) is 18.2 Å². The van der Waals surface area contributed by atoms with Crippen molar-refractivity contribution in [2.75, 3.05) is 6.54 Å². The summed E-state index contributed by atoms with van der Waals surface area (Å²) < 4.78 is 21.6. The van der Waals surface area contributed by atoms with Crippen LogP contribution in [0.5, 0.6) is 0 Å². The zero-order chi connectivity index (χ0) is 11.7. The normalized spacial score (nSPS) is 8.33. The maximum absolute atomic E-state index is 9.54. The molecule has 0 unspecified atom stereocenters. The highest BCUT2D eigenvalue weighted by Gasteiger charge is 1.89. The molecule has 0 saturated heterocycles. The first-order valence-corrected chi connectivity index (χ1v) is 5.06. The highest BCUT2D eigenvalue weighted by atomic mass is 32.2. The molecule has 0 aliphatic heterocycles. The Balaban J connectivity index is 0.000000262. The third kappa shape index (κ3) is 10.2. The third-order valence-electron chi connectivity index (χ3n) is 1.25. The van der Waals surface area contributed by atoms with E-state index in [1.54, 1.807) is 0 Å². The Bertz CT molecular complexity index is 417. The van der Waals surface area contributed by atoms with E-state index in [1.165, 1.54) is 5.56 Å². The minimum Gasteiger partial charge on any atom is -0.480 e. The van der Waals surface area contributed by atoms with E-state index in [-0.39, 0.29) is 0 Å². The van der Waals surface area contributed by atoms with Crippen LogP contribution in [0.3, 0.4) is 0 Å². The van der Waals surface area contributed by atoms with Crippen molar-refractivity contribution in [2.45, 2.75) is 6.92 Å². The number of carbonyl (C=O) groups is 1. The van der Waals surface area contributed by atoms with Gasteiger partial charge in [-0.3, -0.25) is 4.79 Å². The average molecular weight is 229 g/mol. The number of hydrogen-bond acceptors (Lipinski definition) is 4. The van der Waals surface area contributed by atoms with Gasteiger partial charge in [0, 0.05) is 0 Å². The summed E-state index contributed by atoms with van der Waals surface area (Å²) in [7, 11) is -2.59. The van der Waals surface area contributed by atoms with Crippen molar-refractivity contribution in [3.05, 3.63) is 35.9 Å². The van der Waals surface area contributed by atoms with E-state index in [0.29, 0.717) is 0 Å². The Hall–Kier alpha value is -1.69. The first kappa shape index (κ1) is 13.3. The Kier molecular flexibility index (Phi) is 6.82. The molecule has 0 spiro atoms. The Morgan fingerprint density at radius 2 is 1.87 bits per heavy atom. The molecule has 0 aliphatic rings. The van der Waals surface area contributed by atoms with Crippen molar-refractivity contribution in [2.24, 2.45) is 4.36 Å². The lowest BCUT2D eigenvalue weighted by atomic mass is 10.2. The van der Waals surface area contributed by atoms with Gasteiger partial charge >= 0.3 is 16.5 Å². The van der Waals surface area contributed by atoms with Crippen LogP contribution in [0.15, 0.2) is 34.7 Å². The molecule has 0 heterocycles. The highest BCUT2D eigenvalue weighted by molar-refractivity contribution is 7.61. The van der Waals surface area contributed by atoms with Crippen molar-refractivity contribution in [1.82, 2.24) is 0 Å². The lowest BCUT2D eigenvalue weighted by Crippen LogP contribution is -1.97. The molecule has 15 heavy (non-hydrogen) atoms. The van der Waals surface area contributed by atoms with Crippen LogP contribution in [-0.2, 0) is 15.3 Å². The van der Waals surface area contributed by atoms with Crippen molar-refractivity contribution >= 4 is 16.5 Å². The average Bonchev–Trinajstić information content (AvgIpc) is 2.17. The van der Waals surface area contributed by atoms with E-state index in [2.05, 4.69) is 23.4 Å². The quantitative estimate of drug-likeness (QED) is 0.823. The van der Waals surface area contributed by atoms with Crippen molar-refractivity contribution in [3.63, 3.8) is 0 Å². The predicted molar refractivity (Wildman–Crippen MR) is 55.0 cm³/mol. The molecule has 0 bridgehead atoms. The van der Waals surface area contributed by atoms with Crippen molar-refractivity contribution in [3.8, 4) is 0 Å². The molecule has 1 N–H and O–H groups in total. The Morgan fingerprint density at radius 3 is 2.07 bits per heavy atom. The maximum Gasteiger partial charge on any atom is 0.326 e. The van der Waals surface area contributed by atoms with Crippen LogP contribution in [0, 0.1) is 6.92 Å². The molecule has 0 radical (unpaired) electrons. The van der Waals surface area contributed by atoms with Crippen molar-refractivity contribution in [1.29, 1.82) is 0 Å². The number of carboxylic acids is 1. The van der Waals surface area contributed by atoms with E-state index < -0.39 is 23.0 Å². The molecular weight excluding hydrogens is 218 g/mol. The number of rotatable bonds is 2. The first-order valence-electron chi connectivity index (χ1n) is 4.02. The summed E-state index contributed by atoms with van der Waals surface area (Å²) in [4.78, 5) is 9.54. The van der Waals surface area contributed by atoms with Gasteiger partial charge in [-0.25, -0.2) is 0 Å². The second-order valence-corrected chi connectivity index (χ2v) is 3.25. The molecular formula is C9H11NO4S. The minimum absolute atomic E-state index is 0.684. The van der Waals surface area contributed by atoms with E-state index in [0.717, 1.165) is 0 Å². The fourth-order valence-corrected chi connectivity index (χ4v) is 0.858. The summed E-state index contributed by atoms with van der Waals surface area (Å²) >= 11 is 0. The molecule has 1 aromatic rings. The zero-order valence-electron chi connectivity index (χ0n) is 8.12. The third-order valence-corrected chi connectivity index (χ3v) is 1.59. The SMILES string of the molecule is Cc1ccccc1.O=C(O)CN=S(=O)=O. The van der Waals surface area contributed by atoms with Gasteiger partial charge in [0.05, 0.1) is 0 Å². The van der Waals surface area contributed by atoms with E-state index >= 15 is 0 Å². The smallest absolute Gasteiger partial charge is 0.326 e. The number of benzene rings is 1. The zero-order valence-corrected chi connectivity index (χ0v) is 8.94. The minimum atomic E-state index is -2.59. The molecule has 0 saturated carbocycles. The van der Waals surface area contributed by atoms with Crippen LogP contribution in [0.2, 0.25) is 0 Å². The molecule has 6 heteroatoms. The van der Waals surface area contributed by atoms with Gasteiger partial charge in [-0.15, -0.1) is 0 Å². The van der Waals surface area contributed by atoms with Gasteiger partial charge in [-0.1, -0.05) is 35.9 Å². The van der Waals surface area contributed by atoms with Crippen LogP contribution in [0.4, 0.5) is 0 Å². The number of aliphatic carboxylic acids is 1. The summed E-state index contributed by atoms with van der Waals surface area (Å²) in [6, 6.07) is 10.3. The first-order chi connectivity index (χ1) is 7.02. The van der Waals surface area contributed by atoms with Gasteiger partial charge in [0.2, 0.25) is 0 Å². The lowest BCUT2D eigenvalue weighted by molar-refractivity contribution is -0.135. The van der Waals surface area contributed by atoms with Crippen LogP contribution >= 0.6 is 0 Å². The van der Waals surface area contributed by atoms with Gasteiger partial charge in [0.1, 0.15) is 0 Å². The van der Waals surface area contributed by atoms with Gasteiger partial charge in [0.25, 0.3) is 0 Å². The van der Waals surface area contributed by atoms with Gasteiger partial charge in [-0.2, -0.15) is 12.8 Å². The largest absolute Gasteiger partial charge is 0.480 e. The molecule has 0 aromatic heterocycles. The van der Waals surface area contributed by atoms with Crippen molar-refractivity contribution < 1.29 is 18.3 Å². The molecule has 0 aliphatic carbocycles. The summed E-state index contributed by atoms with van der Waals surface area (Å²) in [5.74, 6) is -1.26. The van der Waals surface area contributed by atoms with E-state index in [4.69, 9.17) is 5.11 Å². The number of aryl methyl sites for hydroxylation is 1. The van der Waals surface area contributed by atoms with Crippen LogP contribution in [0.1, 0.15) is 5.56 Å².